The summed E-state index contributed by atoms with van der Waals surface area (Å²) in [6.07, 6.45) is 4.09. The second-order valence-corrected chi connectivity index (χ2v) is 8.58. The summed E-state index contributed by atoms with van der Waals surface area (Å²) >= 11 is 0. The highest BCUT2D eigenvalue weighted by atomic mass is 16.5. The van der Waals surface area contributed by atoms with Crippen LogP contribution in [0.25, 0.3) is 11.1 Å². The Balaban J connectivity index is 1.27. The van der Waals surface area contributed by atoms with Gasteiger partial charge in [0.05, 0.1) is 12.6 Å². The van der Waals surface area contributed by atoms with Gasteiger partial charge in [0, 0.05) is 37.3 Å². The van der Waals surface area contributed by atoms with Crippen LogP contribution in [0, 0.1) is 0 Å². The molecule has 178 valence electrons. The highest BCUT2D eigenvalue weighted by Crippen LogP contribution is 2.30. The molecule has 7 heteroatoms. The van der Waals surface area contributed by atoms with Gasteiger partial charge in [-0.3, -0.25) is 0 Å². The summed E-state index contributed by atoms with van der Waals surface area (Å²) in [5.41, 5.74) is 10.1. The summed E-state index contributed by atoms with van der Waals surface area (Å²) < 4.78 is 11.4. The van der Waals surface area contributed by atoms with Gasteiger partial charge >= 0.3 is 0 Å². The molecule has 0 bridgehead atoms. The van der Waals surface area contributed by atoms with E-state index in [4.69, 9.17) is 15.2 Å². The third-order valence-corrected chi connectivity index (χ3v) is 6.09. The van der Waals surface area contributed by atoms with Crippen molar-refractivity contribution in [2.45, 2.75) is 18.9 Å². The number of rotatable bonds is 8. The molecule has 0 radical (unpaired) electrons. The Bertz CT molecular complexity index is 1260. The monoisotopic (exact) mass is 467 g/mol. The molecule has 1 fully saturated rings. The number of methoxy groups -OCH3 is 1. The zero-order chi connectivity index (χ0) is 24.0. The van der Waals surface area contributed by atoms with Crippen LogP contribution in [0.2, 0.25) is 0 Å². The number of hydrogen-bond donors (Lipinski definition) is 2. The molecule has 1 saturated heterocycles. The van der Waals surface area contributed by atoms with Gasteiger partial charge in [-0.15, -0.1) is 0 Å². The molecule has 2 aromatic carbocycles. The number of nitrogen functional groups attached to an aromatic ring is 1. The van der Waals surface area contributed by atoms with E-state index >= 15 is 0 Å². The summed E-state index contributed by atoms with van der Waals surface area (Å²) in [6.45, 7) is 1.74. The Morgan fingerprint density at radius 1 is 1.00 bits per heavy atom. The van der Waals surface area contributed by atoms with Crippen molar-refractivity contribution in [3.63, 3.8) is 0 Å². The van der Waals surface area contributed by atoms with Crippen LogP contribution >= 0.6 is 0 Å². The second-order valence-electron chi connectivity index (χ2n) is 8.58. The second kappa shape index (κ2) is 10.4. The Hall–Kier alpha value is -4.10. The first kappa shape index (κ1) is 22.7. The molecule has 3 heterocycles. The first-order valence-corrected chi connectivity index (χ1v) is 11.8. The summed E-state index contributed by atoms with van der Waals surface area (Å²) in [4.78, 5) is 11.2. The van der Waals surface area contributed by atoms with Crippen molar-refractivity contribution in [2.24, 2.45) is 0 Å². The molecule has 0 saturated carbocycles. The summed E-state index contributed by atoms with van der Waals surface area (Å²) in [5, 5.41) is 3.33. The molecule has 1 aliphatic heterocycles. The van der Waals surface area contributed by atoms with E-state index in [1.807, 2.05) is 66.7 Å². The normalized spacial score (nSPS) is 15.2. The van der Waals surface area contributed by atoms with E-state index in [1.54, 1.807) is 13.3 Å². The molecular weight excluding hydrogens is 438 g/mol. The van der Waals surface area contributed by atoms with Crippen LogP contribution in [0.3, 0.4) is 0 Å². The molecule has 5 rings (SSSR count). The molecule has 0 unspecified atom stereocenters. The molecule has 4 aromatic rings. The van der Waals surface area contributed by atoms with Crippen LogP contribution in [0.1, 0.15) is 12.8 Å². The topological polar surface area (TPSA) is 85.5 Å². The number of benzene rings is 2. The zero-order valence-electron chi connectivity index (χ0n) is 19.7. The molecule has 0 amide bonds. The Labute approximate surface area is 205 Å². The lowest BCUT2D eigenvalue weighted by Crippen LogP contribution is -2.32. The van der Waals surface area contributed by atoms with Crippen LogP contribution in [-0.4, -0.2) is 36.3 Å². The van der Waals surface area contributed by atoms with Crippen LogP contribution in [0.4, 0.5) is 23.0 Å². The number of nitrogens with zero attached hydrogens (tertiary/aromatic N) is 3. The number of nitrogens with one attached hydrogen (secondary N) is 1. The molecule has 0 spiro atoms. The average Bonchev–Trinajstić information content (AvgIpc) is 3.34. The predicted octanol–water partition coefficient (Wildman–Crippen LogP) is 5.88. The minimum Gasteiger partial charge on any atom is -0.439 e. The highest BCUT2D eigenvalue weighted by Gasteiger charge is 2.25. The van der Waals surface area contributed by atoms with Gasteiger partial charge in [0.2, 0.25) is 5.88 Å². The van der Waals surface area contributed by atoms with E-state index in [1.165, 1.54) is 0 Å². The molecule has 3 N–H and O–H groups in total. The summed E-state index contributed by atoms with van der Waals surface area (Å²) in [6, 6.07) is 26.1. The van der Waals surface area contributed by atoms with Gasteiger partial charge in [0.1, 0.15) is 17.4 Å². The van der Waals surface area contributed by atoms with Gasteiger partial charge < -0.3 is 25.4 Å². The maximum atomic E-state index is 6.05. The van der Waals surface area contributed by atoms with Crippen molar-refractivity contribution < 1.29 is 9.47 Å². The van der Waals surface area contributed by atoms with E-state index in [0.29, 0.717) is 29.3 Å². The summed E-state index contributed by atoms with van der Waals surface area (Å²) in [7, 11) is 1.75. The minimum atomic E-state index is 0.392. The fourth-order valence-corrected chi connectivity index (χ4v) is 4.46. The molecule has 1 atom stereocenters. The van der Waals surface area contributed by atoms with Gasteiger partial charge in [-0.1, -0.05) is 30.3 Å². The number of anilines is 4. The van der Waals surface area contributed by atoms with Crippen LogP contribution in [0.15, 0.2) is 85.1 Å². The van der Waals surface area contributed by atoms with E-state index < -0.39 is 0 Å². The van der Waals surface area contributed by atoms with E-state index in [2.05, 4.69) is 32.3 Å². The van der Waals surface area contributed by atoms with Crippen LogP contribution in [-0.2, 0) is 4.74 Å². The maximum Gasteiger partial charge on any atom is 0.221 e. The Kier molecular flexibility index (Phi) is 6.77. The van der Waals surface area contributed by atoms with Crippen molar-refractivity contribution in [3.05, 3.63) is 85.1 Å². The van der Waals surface area contributed by atoms with Gasteiger partial charge in [-0.2, -0.15) is 0 Å². The number of aromatic nitrogens is 2. The van der Waals surface area contributed by atoms with Crippen molar-refractivity contribution in [2.75, 3.05) is 36.2 Å². The van der Waals surface area contributed by atoms with Crippen LogP contribution in [0.5, 0.6) is 11.6 Å². The lowest BCUT2D eigenvalue weighted by Gasteiger charge is -2.26. The highest BCUT2D eigenvalue weighted by molar-refractivity contribution is 5.71. The number of pyridine rings is 2. The molecule has 0 aliphatic carbocycles. The van der Waals surface area contributed by atoms with Crippen LogP contribution < -0.4 is 20.7 Å². The van der Waals surface area contributed by atoms with Crippen molar-refractivity contribution in [1.29, 1.82) is 0 Å². The lowest BCUT2D eigenvalue weighted by molar-refractivity contribution is 0.181. The SMILES string of the molecule is COC[C@@H]1CCCN1c1ccnc(Oc2ccc(Nc3cc(-c4ccccc4)cc(N)n3)cc2)c1. The molecule has 7 nitrogen and oxygen atoms in total. The van der Waals surface area contributed by atoms with E-state index in [-0.39, 0.29) is 0 Å². The van der Waals surface area contributed by atoms with Gasteiger partial charge in [-0.25, -0.2) is 9.97 Å². The number of nitrogens with two attached hydrogens (primary N) is 1. The fraction of sp³-hybridized carbons (Fsp3) is 0.214. The van der Waals surface area contributed by atoms with Gasteiger partial charge in [0.15, 0.2) is 0 Å². The quantitative estimate of drug-likeness (QED) is 0.335. The standard InChI is InChI=1S/C28H29N5O2/c1-34-19-24-8-5-15-33(24)23-13-14-30-28(18-23)35-25-11-9-22(10-12-25)31-27-17-21(16-26(29)32-27)20-6-3-2-4-7-20/h2-4,6-7,9-14,16-18,24H,5,8,15,19H2,1H3,(H3,29,31,32)/t24-/m0/s1. The lowest BCUT2D eigenvalue weighted by atomic mass is 10.1. The van der Waals surface area contributed by atoms with E-state index in [0.717, 1.165) is 48.5 Å². The molecule has 35 heavy (non-hydrogen) atoms. The summed E-state index contributed by atoms with van der Waals surface area (Å²) in [5.74, 6) is 2.42. The first-order valence-electron chi connectivity index (χ1n) is 11.8. The first-order chi connectivity index (χ1) is 17.2. The number of hydrogen-bond acceptors (Lipinski definition) is 7. The molecule has 1 aliphatic rings. The maximum absolute atomic E-state index is 6.05. The van der Waals surface area contributed by atoms with Crippen molar-refractivity contribution in [3.8, 4) is 22.8 Å². The van der Waals surface area contributed by atoms with Gasteiger partial charge in [0.25, 0.3) is 0 Å². The molecule has 2 aromatic heterocycles. The number of ether oxygens (including phenoxy) is 2. The third-order valence-electron chi connectivity index (χ3n) is 6.09. The Morgan fingerprint density at radius 3 is 2.63 bits per heavy atom. The predicted molar refractivity (Wildman–Crippen MR) is 140 cm³/mol. The Morgan fingerprint density at radius 2 is 1.83 bits per heavy atom. The zero-order valence-corrected chi connectivity index (χ0v) is 19.7. The average molecular weight is 468 g/mol. The largest absolute Gasteiger partial charge is 0.439 e. The minimum absolute atomic E-state index is 0.392. The third kappa shape index (κ3) is 5.53. The van der Waals surface area contributed by atoms with Crippen molar-refractivity contribution >= 4 is 23.0 Å². The fourth-order valence-electron chi connectivity index (χ4n) is 4.46. The van der Waals surface area contributed by atoms with E-state index in [9.17, 15) is 0 Å². The smallest absolute Gasteiger partial charge is 0.221 e. The molecular formula is C28H29N5O2. The van der Waals surface area contributed by atoms with Gasteiger partial charge in [-0.05, 0) is 66.4 Å². The van der Waals surface area contributed by atoms with Crippen molar-refractivity contribution in [1.82, 2.24) is 9.97 Å².